The summed E-state index contributed by atoms with van der Waals surface area (Å²) in [5, 5.41) is 5.77. The fourth-order valence-electron chi connectivity index (χ4n) is 3.80. The van der Waals surface area contributed by atoms with E-state index >= 15 is 0 Å². The topological polar surface area (TPSA) is 75.2 Å². The van der Waals surface area contributed by atoms with Crippen LogP contribution >= 0.6 is 11.3 Å². The van der Waals surface area contributed by atoms with Crippen molar-refractivity contribution in [2.45, 2.75) is 44.7 Å². The van der Waals surface area contributed by atoms with Crippen LogP contribution < -0.4 is 10.2 Å². The average molecular weight is 421 g/mol. The summed E-state index contributed by atoms with van der Waals surface area (Å²) < 4.78 is 0. The third kappa shape index (κ3) is 4.41. The fourth-order valence-corrected chi connectivity index (χ4v) is 4.56. The predicted molar refractivity (Wildman–Crippen MR) is 117 cm³/mol. The van der Waals surface area contributed by atoms with Crippen molar-refractivity contribution in [2.24, 2.45) is 0 Å². The molecule has 2 amide bonds. The molecule has 2 aromatic heterocycles. The number of aryl methyl sites for hydroxylation is 1. The Hall–Kier alpha value is -3.06. The highest BCUT2D eigenvalue weighted by atomic mass is 32.1. The summed E-state index contributed by atoms with van der Waals surface area (Å²) in [6.07, 6.45) is 8.63. The lowest BCUT2D eigenvalue weighted by atomic mass is 10.0. The molecule has 1 atom stereocenters. The molecule has 7 heteroatoms. The van der Waals surface area contributed by atoms with Gasteiger partial charge in [-0.2, -0.15) is 0 Å². The quantitative estimate of drug-likeness (QED) is 0.645. The molecule has 1 aromatic carbocycles. The molecule has 1 aliphatic carbocycles. The molecule has 1 fully saturated rings. The van der Waals surface area contributed by atoms with Gasteiger partial charge < -0.3 is 5.32 Å². The number of thiophene rings is 1. The molecule has 30 heavy (non-hydrogen) atoms. The Balaban J connectivity index is 1.76. The third-order valence-electron chi connectivity index (χ3n) is 5.35. The Morgan fingerprint density at radius 3 is 2.53 bits per heavy atom. The van der Waals surface area contributed by atoms with Gasteiger partial charge in [0.05, 0.1) is 11.2 Å². The molecule has 4 rings (SSSR count). The molecular weight excluding hydrogens is 396 g/mol. The van der Waals surface area contributed by atoms with E-state index in [0.29, 0.717) is 5.00 Å². The number of carbonyl (C=O) groups is 2. The van der Waals surface area contributed by atoms with Gasteiger partial charge in [0.2, 0.25) is 5.91 Å². The lowest BCUT2D eigenvalue weighted by Gasteiger charge is -2.31. The molecule has 1 N–H and O–H groups in total. The first-order chi connectivity index (χ1) is 14.6. The van der Waals surface area contributed by atoms with Gasteiger partial charge in [-0.1, -0.05) is 42.7 Å². The van der Waals surface area contributed by atoms with E-state index in [0.717, 1.165) is 36.8 Å². The first-order valence-corrected chi connectivity index (χ1v) is 11.0. The SMILES string of the molecule is Cc1ccc([C@H](C(=O)NC2CCCC2)N(C(=O)c2cnccn2)c2cccs2)cc1. The van der Waals surface area contributed by atoms with Crippen LogP contribution in [0.25, 0.3) is 0 Å². The maximum atomic E-state index is 13.5. The molecule has 0 saturated heterocycles. The van der Waals surface area contributed by atoms with Crippen molar-refractivity contribution in [1.82, 2.24) is 15.3 Å². The lowest BCUT2D eigenvalue weighted by Crippen LogP contribution is -2.46. The van der Waals surface area contributed by atoms with E-state index in [1.807, 2.05) is 48.7 Å². The van der Waals surface area contributed by atoms with Crippen molar-refractivity contribution < 1.29 is 9.59 Å². The normalized spacial score (nSPS) is 15.0. The fraction of sp³-hybridized carbons (Fsp3) is 0.304. The van der Waals surface area contributed by atoms with Crippen molar-refractivity contribution in [3.8, 4) is 0 Å². The molecule has 154 valence electrons. The second-order valence-corrected chi connectivity index (χ2v) is 8.45. The Bertz CT molecular complexity index is 984. The summed E-state index contributed by atoms with van der Waals surface area (Å²) in [5.41, 5.74) is 2.06. The van der Waals surface area contributed by atoms with Crippen LogP contribution in [-0.2, 0) is 4.79 Å². The number of hydrogen-bond donors (Lipinski definition) is 1. The maximum absolute atomic E-state index is 13.5. The number of hydrogen-bond acceptors (Lipinski definition) is 5. The highest BCUT2D eigenvalue weighted by Gasteiger charge is 2.35. The zero-order valence-electron chi connectivity index (χ0n) is 16.8. The second-order valence-electron chi connectivity index (χ2n) is 7.52. The van der Waals surface area contributed by atoms with Gasteiger partial charge in [0.15, 0.2) is 0 Å². The van der Waals surface area contributed by atoms with E-state index in [2.05, 4.69) is 15.3 Å². The number of amides is 2. The van der Waals surface area contributed by atoms with Crippen molar-refractivity contribution in [1.29, 1.82) is 0 Å². The van der Waals surface area contributed by atoms with Gasteiger partial charge in [0.25, 0.3) is 5.91 Å². The number of carbonyl (C=O) groups excluding carboxylic acids is 2. The van der Waals surface area contributed by atoms with Crippen LogP contribution in [0.15, 0.2) is 60.4 Å². The van der Waals surface area contributed by atoms with Gasteiger partial charge in [-0.05, 0) is 42.8 Å². The first-order valence-electron chi connectivity index (χ1n) is 10.1. The van der Waals surface area contributed by atoms with Crippen LogP contribution in [0.1, 0.15) is 53.3 Å². The lowest BCUT2D eigenvalue weighted by molar-refractivity contribution is -0.123. The van der Waals surface area contributed by atoms with Crippen LogP contribution in [0.4, 0.5) is 5.00 Å². The highest BCUT2D eigenvalue weighted by molar-refractivity contribution is 7.14. The molecule has 0 radical (unpaired) electrons. The summed E-state index contributed by atoms with van der Waals surface area (Å²) >= 11 is 1.42. The molecule has 1 saturated carbocycles. The summed E-state index contributed by atoms with van der Waals surface area (Å²) in [6.45, 7) is 2.00. The van der Waals surface area contributed by atoms with Crippen molar-refractivity contribution in [3.63, 3.8) is 0 Å². The molecular formula is C23H24N4O2S. The van der Waals surface area contributed by atoms with Crippen LogP contribution in [0.2, 0.25) is 0 Å². The standard InChI is InChI=1S/C23H24N4O2S/c1-16-8-10-17(11-9-16)21(22(28)26-18-5-2-3-6-18)27(20-7-4-14-30-20)23(29)19-15-24-12-13-25-19/h4,7-15,18,21H,2-3,5-6H2,1H3,(H,26,28)/t21-/m1/s1. The Morgan fingerprint density at radius 2 is 1.90 bits per heavy atom. The van der Waals surface area contributed by atoms with E-state index in [4.69, 9.17) is 0 Å². The predicted octanol–water partition coefficient (Wildman–Crippen LogP) is 4.29. The monoisotopic (exact) mass is 420 g/mol. The van der Waals surface area contributed by atoms with Crippen molar-refractivity contribution >= 4 is 28.2 Å². The summed E-state index contributed by atoms with van der Waals surface area (Å²) in [7, 11) is 0. The van der Waals surface area contributed by atoms with Crippen molar-refractivity contribution in [3.05, 3.63) is 77.2 Å². The number of nitrogens with zero attached hydrogens (tertiary/aromatic N) is 3. The number of anilines is 1. The first kappa shape index (κ1) is 20.2. The molecule has 0 spiro atoms. The van der Waals surface area contributed by atoms with E-state index < -0.39 is 6.04 Å². The van der Waals surface area contributed by atoms with Crippen molar-refractivity contribution in [2.75, 3.05) is 4.90 Å². The van der Waals surface area contributed by atoms with Gasteiger partial charge in [-0.3, -0.25) is 19.5 Å². The van der Waals surface area contributed by atoms with Gasteiger partial charge in [0.1, 0.15) is 11.7 Å². The highest BCUT2D eigenvalue weighted by Crippen LogP contribution is 2.33. The van der Waals surface area contributed by atoms with E-state index in [-0.39, 0.29) is 23.6 Å². The summed E-state index contributed by atoms with van der Waals surface area (Å²) in [6, 6.07) is 10.8. The van der Waals surface area contributed by atoms with E-state index in [1.165, 1.54) is 29.9 Å². The Labute approximate surface area is 180 Å². The maximum Gasteiger partial charge on any atom is 0.280 e. The summed E-state index contributed by atoms with van der Waals surface area (Å²) in [5.74, 6) is -0.519. The number of aromatic nitrogens is 2. The minimum Gasteiger partial charge on any atom is -0.351 e. The second kappa shape index (κ2) is 9.17. The molecule has 6 nitrogen and oxygen atoms in total. The van der Waals surface area contributed by atoms with Gasteiger partial charge in [-0.15, -0.1) is 11.3 Å². The van der Waals surface area contributed by atoms with E-state index in [1.54, 1.807) is 4.90 Å². The molecule has 1 aliphatic rings. The number of nitrogens with one attached hydrogen (secondary N) is 1. The zero-order chi connectivity index (χ0) is 20.9. The van der Waals surface area contributed by atoms with Crippen LogP contribution in [0.3, 0.4) is 0 Å². The van der Waals surface area contributed by atoms with Gasteiger partial charge in [0, 0.05) is 18.4 Å². The average Bonchev–Trinajstić information content (AvgIpc) is 3.47. The van der Waals surface area contributed by atoms with Gasteiger partial charge in [-0.25, -0.2) is 4.98 Å². The number of rotatable bonds is 6. The summed E-state index contributed by atoms with van der Waals surface area (Å²) in [4.78, 5) is 36.8. The molecule has 2 heterocycles. The smallest absolute Gasteiger partial charge is 0.280 e. The van der Waals surface area contributed by atoms with Gasteiger partial charge >= 0.3 is 0 Å². The zero-order valence-corrected chi connectivity index (χ0v) is 17.6. The molecule has 0 bridgehead atoms. The Morgan fingerprint density at radius 1 is 1.13 bits per heavy atom. The molecule has 3 aromatic rings. The molecule has 0 aliphatic heterocycles. The minimum atomic E-state index is -0.792. The third-order valence-corrected chi connectivity index (χ3v) is 6.21. The minimum absolute atomic E-state index is 0.155. The molecule has 0 unspecified atom stereocenters. The van der Waals surface area contributed by atoms with Crippen LogP contribution in [0.5, 0.6) is 0 Å². The number of benzene rings is 1. The Kier molecular flexibility index (Phi) is 6.18. The van der Waals surface area contributed by atoms with Crippen LogP contribution in [-0.4, -0.2) is 27.8 Å². The van der Waals surface area contributed by atoms with Crippen LogP contribution in [0, 0.1) is 6.92 Å². The van der Waals surface area contributed by atoms with E-state index in [9.17, 15) is 9.59 Å². The largest absolute Gasteiger partial charge is 0.351 e.